The average molecular weight is 310 g/mol. The Morgan fingerprint density at radius 1 is 1.22 bits per heavy atom. The van der Waals surface area contributed by atoms with E-state index in [-0.39, 0.29) is 12.2 Å². The van der Waals surface area contributed by atoms with Crippen molar-refractivity contribution in [2.75, 3.05) is 11.1 Å². The molecule has 0 aliphatic heterocycles. The molecule has 0 fully saturated rings. The first-order valence-electron chi connectivity index (χ1n) is 6.87. The molecule has 0 saturated carbocycles. The van der Waals surface area contributed by atoms with Gasteiger partial charge in [-0.05, 0) is 24.3 Å². The third-order valence-corrected chi connectivity index (χ3v) is 3.27. The van der Waals surface area contributed by atoms with Crippen molar-refractivity contribution in [3.8, 4) is 5.69 Å². The summed E-state index contributed by atoms with van der Waals surface area (Å²) in [5.41, 5.74) is 7.32. The molecule has 0 saturated heterocycles. The molecule has 3 aromatic rings. The van der Waals surface area contributed by atoms with Gasteiger partial charge in [0.05, 0.1) is 17.2 Å². The lowest BCUT2D eigenvalue weighted by atomic mass is 10.2. The van der Waals surface area contributed by atoms with Gasteiger partial charge in [-0.25, -0.2) is 9.67 Å². The normalized spacial score (nSPS) is 10.4. The molecule has 0 spiro atoms. The Labute approximate surface area is 131 Å². The van der Waals surface area contributed by atoms with Crippen LogP contribution in [0, 0.1) is 10.1 Å². The zero-order valence-electron chi connectivity index (χ0n) is 12.1. The number of hydrogen-bond acceptors (Lipinski definition) is 6. The monoisotopic (exact) mass is 310 g/mol. The minimum absolute atomic E-state index is 0.0371. The molecule has 3 N–H and O–H groups in total. The van der Waals surface area contributed by atoms with Crippen molar-refractivity contribution in [3.63, 3.8) is 0 Å². The van der Waals surface area contributed by atoms with E-state index in [0.717, 1.165) is 5.69 Å². The summed E-state index contributed by atoms with van der Waals surface area (Å²) in [6.07, 6.45) is 1.44. The lowest BCUT2D eigenvalue weighted by Gasteiger charge is -2.09. The molecule has 1 heterocycles. The molecule has 3 rings (SSSR count). The first kappa shape index (κ1) is 14.5. The molecular formula is C15H14N6O2. The van der Waals surface area contributed by atoms with Gasteiger partial charge in [0.25, 0.3) is 5.69 Å². The summed E-state index contributed by atoms with van der Waals surface area (Å²) in [5.74, 6) is 0.632. The average Bonchev–Trinajstić information content (AvgIpc) is 3.02. The van der Waals surface area contributed by atoms with E-state index in [4.69, 9.17) is 5.73 Å². The van der Waals surface area contributed by atoms with Crippen molar-refractivity contribution >= 4 is 17.1 Å². The highest BCUT2D eigenvalue weighted by atomic mass is 16.6. The third kappa shape index (κ3) is 3.10. The van der Waals surface area contributed by atoms with Crippen molar-refractivity contribution < 1.29 is 4.92 Å². The highest BCUT2D eigenvalue weighted by Crippen LogP contribution is 2.26. The Hall–Kier alpha value is -3.42. The maximum absolute atomic E-state index is 11.1. The zero-order valence-corrected chi connectivity index (χ0v) is 12.1. The van der Waals surface area contributed by atoms with Gasteiger partial charge in [-0.3, -0.25) is 10.1 Å². The van der Waals surface area contributed by atoms with Gasteiger partial charge in [-0.1, -0.05) is 18.2 Å². The molecule has 8 nitrogen and oxygen atoms in total. The van der Waals surface area contributed by atoms with Crippen LogP contribution in [0.1, 0.15) is 5.82 Å². The van der Waals surface area contributed by atoms with E-state index in [9.17, 15) is 10.1 Å². The minimum Gasteiger partial charge on any atom is -0.399 e. The lowest BCUT2D eigenvalue weighted by Crippen LogP contribution is -2.09. The second kappa shape index (κ2) is 6.14. The Kier molecular flexibility index (Phi) is 3.88. The van der Waals surface area contributed by atoms with E-state index < -0.39 is 4.92 Å². The fourth-order valence-corrected chi connectivity index (χ4v) is 2.20. The molecule has 1 aromatic heterocycles. The number of nitro groups is 1. The predicted octanol–water partition coefficient (Wildman–Crippen LogP) is 2.37. The van der Waals surface area contributed by atoms with E-state index in [2.05, 4.69) is 15.4 Å². The van der Waals surface area contributed by atoms with Crippen molar-refractivity contribution in [1.29, 1.82) is 0 Å². The summed E-state index contributed by atoms with van der Waals surface area (Å²) >= 11 is 0. The summed E-state index contributed by atoms with van der Waals surface area (Å²) in [7, 11) is 0. The Bertz CT molecular complexity index is 831. The predicted molar refractivity (Wildman–Crippen MR) is 86.2 cm³/mol. The highest BCUT2D eigenvalue weighted by molar-refractivity contribution is 5.67. The highest BCUT2D eigenvalue weighted by Gasteiger charge is 2.14. The summed E-state index contributed by atoms with van der Waals surface area (Å²) in [4.78, 5) is 14.8. The molecule has 0 unspecified atom stereocenters. The van der Waals surface area contributed by atoms with Crippen molar-refractivity contribution in [2.24, 2.45) is 0 Å². The fraction of sp³-hybridized carbons (Fsp3) is 0.0667. The number of benzene rings is 2. The number of rotatable bonds is 5. The van der Waals surface area contributed by atoms with Gasteiger partial charge in [-0.2, -0.15) is 5.10 Å². The van der Waals surface area contributed by atoms with Crippen LogP contribution in [-0.4, -0.2) is 19.7 Å². The second-order valence-corrected chi connectivity index (χ2v) is 4.81. The van der Waals surface area contributed by atoms with Crippen LogP contribution in [0.15, 0.2) is 54.9 Å². The Morgan fingerprint density at radius 3 is 2.74 bits per heavy atom. The molecule has 0 atom stereocenters. The van der Waals surface area contributed by atoms with Gasteiger partial charge in [0.15, 0.2) is 5.82 Å². The van der Waals surface area contributed by atoms with E-state index in [0.29, 0.717) is 17.2 Å². The van der Waals surface area contributed by atoms with Crippen LogP contribution in [0.4, 0.5) is 17.1 Å². The van der Waals surface area contributed by atoms with Gasteiger partial charge in [0.2, 0.25) is 0 Å². The zero-order chi connectivity index (χ0) is 16.2. The van der Waals surface area contributed by atoms with Crippen molar-refractivity contribution in [1.82, 2.24) is 14.8 Å². The van der Waals surface area contributed by atoms with Gasteiger partial charge in [-0.15, -0.1) is 0 Å². The fourth-order valence-electron chi connectivity index (χ4n) is 2.20. The molecule has 23 heavy (non-hydrogen) atoms. The van der Waals surface area contributed by atoms with Gasteiger partial charge < -0.3 is 11.1 Å². The first-order chi connectivity index (χ1) is 11.1. The van der Waals surface area contributed by atoms with Gasteiger partial charge in [0.1, 0.15) is 12.0 Å². The van der Waals surface area contributed by atoms with Crippen LogP contribution in [0.3, 0.4) is 0 Å². The van der Waals surface area contributed by atoms with Gasteiger partial charge in [0, 0.05) is 11.8 Å². The molecule has 0 amide bonds. The summed E-state index contributed by atoms with van der Waals surface area (Å²) in [6, 6.07) is 13.9. The molecule has 0 aliphatic carbocycles. The number of para-hydroxylation sites is 1. The number of nitrogens with one attached hydrogen (secondary N) is 1. The molecule has 0 bridgehead atoms. The van der Waals surface area contributed by atoms with Gasteiger partial charge >= 0.3 is 0 Å². The Balaban J connectivity index is 1.84. The van der Waals surface area contributed by atoms with Crippen molar-refractivity contribution in [2.45, 2.75) is 6.54 Å². The minimum atomic E-state index is -0.455. The van der Waals surface area contributed by atoms with Crippen LogP contribution in [-0.2, 0) is 6.54 Å². The summed E-state index contributed by atoms with van der Waals surface area (Å²) in [6.45, 7) is 0.277. The summed E-state index contributed by atoms with van der Waals surface area (Å²) < 4.78 is 1.67. The maximum atomic E-state index is 11.1. The van der Waals surface area contributed by atoms with E-state index in [1.165, 1.54) is 24.5 Å². The van der Waals surface area contributed by atoms with Crippen LogP contribution >= 0.6 is 0 Å². The first-order valence-corrected chi connectivity index (χ1v) is 6.87. The number of aromatic nitrogens is 3. The van der Waals surface area contributed by atoms with Crippen LogP contribution in [0.2, 0.25) is 0 Å². The number of hydrogen-bond donors (Lipinski definition) is 2. The number of nitro benzene ring substituents is 1. The largest absolute Gasteiger partial charge is 0.399 e. The van der Waals surface area contributed by atoms with E-state index >= 15 is 0 Å². The number of nitrogens with two attached hydrogens (primary N) is 1. The number of nitrogen functional groups attached to an aromatic ring is 1. The van der Waals surface area contributed by atoms with E-state index in [1.807, 2.05) is 30.3 Å². The summed E-state index contributed by atoms with van der Waals surface area (Å²) in [5, 5.41) is 18.3. The molecule has 0 radical (unpaired) electrons. The van der Waals surface area contributed by atoms with Crippen LogP contribution < -0.4 is 11.1 Å². The van der Waals surface area contributed by atoms with Crippen molar-refractivity contribution in [3.05, 3.63) is 70.8 Å². The molecular weight excluding hydrogens is 296 g/mol. The lowest BCUT2D eigenvalue weighted by molar-refractivity contribution is -0.383. The standard InChI is InChI=1S/C15H14N6O2/c16-11-6-7-14(21(22)23)13(8-11)17-9-15-18-10-19-20(15)12-4-2-1-3-5-12/h1-8,10,17H,9,16H2. The molecule has 0 aliphatic rings. The molecule has 116 valence electrons. The number of nitrogens with zero attached hydrogens (tertiary/aromatic N) is 4. The second-order valence-electron chi connectivity index (χ2n) is 4.81. The Morgan fingerprint density at radius 2 is 2.00 bits per heavy atom. The topological polar surface area (TPSA) is 112 Å². The van der Waals surface area contributed by atoms with E-state index in [1.54, 1.807) is 4.68 Å². The SMILES string of the molecule is Nc1ccc([N+](=O)[O-])c(NCc2ncnn2-c2ccccc2)c1. The molecule has 8 heteroatoms. The molecule has 2 aromatic carbocycles. The van der Waals surface area contributed by atoms with Crippen LogP contribution in [0.25, 0.3) is 5.69 Å². The quantitative estimate of drug-likeness (QED) is 0.425. The number of anilines is 2. The maximum Gasteiger partial charge on any atom is 0.292 e. The van der Waals surface area contributed by atoms with Crippen LogP contribution in [0.5, 0.6) is 0 Å². The smallest absolute Gasteiger partial charge is 0.292 e. The third-order valence-electron chi connectivity index (χ3n) is 3.27.